The first-order valence-electron chi connectivity index (χ1n) is 11.0. The Labute approximate surface area is 187 Å². The lowest BCUT2D eigenvalue weighted by Gasteiger charge is -2.47. The monoisotopic (exact) mass is 439 g/mol. The molecule has 0 saturated heterocycles. The molecule has 32 heavy (non-hydrogen) atoms. The Kier molecular flexibility index (Phi) is 6.27. The molecule has 0 bridgehead atoms. The lowest BCUT2D eigenvalue weighted by Crippen LogP contribution is -2.57. The summed E-state index contributed by atoms with van der Waals surface area (Å²) in [6.07, 6.45) is 4.92. The summed E-state index contributed by atoms with van der Waals surface area (Å²) in [5.41, 5.74) is 2.81. The molecule has 2 atom stereocenters. The zero-order chi connectivity index (χ0) is 22.8. The van der Waals surface area contributed by atoms with Crippen LogP contribution in [0, 0.1) is 5.82 Å². The van der Waals surface area contributed by atoms with Crippen LogP contribution in [0.4, 0.5) is 21.8 Å². The molecule has 3 aromatic rings. The number of halogens is 1. The second-order valence-electron chi connectivity index (χ2n) is 8.37. The van der Waals surface area contributed by atoms with Gasteiger partial charge in [0.25, 0.3) is 0 Å². The highest BCUT2D eigenvalue weighted by atomic mass is 19.1. The minimum absolute atomic E-state index is 0.0881. The van der Waals surface area contributed by atoms with Crippen molar-refractivity contribution in [3.8, 4) is 0 Å². The molecular weight excluding hydrogens is 409 g/mol. The Morgan fingerprint density at radius 3 is 2.59 bits per heavy atom. The molecule has 4 rings (SSSR count). The number of rotatable bonds is 7. The van der Waals surface area contributed by atoms with Gasteiger partial charge in [0.1, 0.15) is 17.7 Å². The van der Waals surface area contributed by atoms with Crippen LogP contribution in [0.1, 0.15) is 38.8 Å². The number of benzene rings is 1. The molecule has 0 radical (unpaired) electrons. The third-order valence-electron chi connectivity index (χ3n) is 5.79. The van der Waals surface area contributed by atoms with Crippen LogP contribution in [0.25, 0.3) is 0 Å². The van der Waals surface area contributed by atoms with Crippen molar-refractivity contribution in [1.82, 2.24) is 19.7 Å². The topological polar surface area (TPSA) is 82.3 Å². The van der Waals surface area contributed by atoms with Gasteiger partial charge in [-0.25, -0.2) is 9.37 Å². The molecule has 2 aromatic heterocycles. The van der Waals surface area contributed by atoms with Gasteiger partial charge in [0.15, 0.2) is 5.82 Å². The van der Waals surface area contributed by atoms with E-state index in [4.69, 9.17) is 4.98 Å². The quantitative estimate of drug-likeness (QED) is 0.585. The molecule has 1 unspecified atom stereocenters. The molecular formula is C23H30FN7O. The smallest absolute Gasteiger partial charge is 0.225 e. The fraction of sp³-hybridized carbons (Fsp3) is 0.435. The van der Waals surface area contributed by atoms with Crippen LogP contribution in [-0.2, 0) is 13.1 Å². The Bertz CT molecular complexity index is 1050. The summed E-state index contributed by atoms with van der Waals surface area (Å²) in [4.78, 5) is 13.3. The average molecular weight is 440 g/mol. The third-order valence-corrected chi connectivity index (χ3v) is 5.79. The highest BCUT2D eigenvalue weighted by Crippen LogP contribution is 2.37. The van der Waals surface area contributed by atoms with Gasteiger partial charge in [0, 0.05) is 30.9 Å². The van der Waals surface area contributed by atoms with E-state index in [1.54, 1.807) is 24.5 Å². The van der Waals surface area contributed by atoms with Crippen LogP contribution in [-0.4, -0.2) is 49.7 Å². The van der Waals surface area contributed by atoms with Gasteiger partial charge in [-0.1, -0.05) is 12.1 Å². The van der Waals surface area contributed by atoms with Gasteiger partial charge in [-0.15, -0.1) is 0 Å². The Morgan fingerprint density at radius 1 is 1.16 bits per heavy atom. The second kappa shape index (κ2) is 9.12. The number of anilines is 3. The highest BCUT2D eigenvalue weighted by molar-refractivity contribution is 5.71. The summed E-state index contributed by atoms with van der Waals surface area (Å²) < 4.78 is 14.9. The van der Waals surface area contributed by atoms with Crippen molar-refractivity contribution in [3.05, 3.63) is 59.8 Å². The van der Waals surface area contributed by atoms with Crippen LogP contribution >= 0.6 is 0 Å². The van der Waals surface area contributed by atoms with Crippen LogP contribution in [0.5, 0.6) is 0 Å². The van der Waals surface area contributed by atoms with Gasteiger partial charge in [-0.3, -0.25) is 4.68 Å². The molecule has 0 fully saturated rings. The summed E-state index contributed by atoms with van der Waals surface area (Å²) in [7, 11) is 0. The molecule has 9 heteroatoms. The number of nitrogens with zero attached hydrogens (tertiary/aromatic N) is 6. The third kappa shape index (κ3) is 4.38. The molecule has 1 aromatic carbocycles. The Balaban J connectivity index is 1.48. The second-order valence-corrected chi connectivity index (χ2v) is 8.37. The van der Waals surface area contributed by atoms with Crippen LogP contribution in [0.2, 0.25) is 0 Å². The maximum atomic E-state index is 13.1. The van der Waals surface area contributed by atoms with Gasteiger partial charge in [0.2, 0.25) is 5.95 Å². The average Bonchev–Trinajstić information content (AvgIpc) is 3.22. The maximum Gasteiger partial charge on any atom is 0.225 e. The molecule has 0 spiro atoms. The van der Waals surface area contributed by atoms with Crippen molar-refractivity contribution in [2.45, 2.75) is 59.1 Å². The zero-order valence-corrected chi connectivity index (χ0v) is 18.9. The van der Waals surface area contributed by atoms with E-state index in [0.29, 0.717) is 25.6 Å². The fourth-order valence-electron chi connectivity index (χ4n) is 4.20. The van der Waals surface area contributed by atoms with Crippen molar-refractivity contribution in [3.63, 3.8) is 0 Å². The first-order valence-corrected chi connectivity index (χ1v) is 11.0. The van der Waals surface area contributed by atoms with Gasteiger partial charge >= 0.3 is 0 Å². The van der Waals surface area contributed by atoms with Crippen LogP contribution in [0.3, 0.4) is 0 Å². The lowest BCUT2D eigenvalue weighted by molar-refractivity contribution is 0.133. The molecule has 0 amide bonds. The van der Waals surface area contributed by atoms with E-state index in [9.17, 15) is 9.50 Å². The number of likely N-dealkylation sites (N-methyl/N-ethyl adjacent to an activating group) is 1. The standard InChI is InChI=1S/C23H30FN7O/c1-5-30-20-12-26-23(28-21(20)31(15(2)3)16(4)22(30)32)25-10-18-11-27-29(14-18)13-17-6-8-19(24)9-7-17/h6-9,11-12,14-16,22,32H,5,10,13H2,1-4H3,(H,25,26,28)/t16-,22?/m1/s1. The number of nitrogens with one attached hydrogen (secondary N) is 1. The molecule has 170 valence electrons. The van der Waals surface area contributed by atoms with Crippen molar-refractivity contribution < 1.29 is 9.50 Å². The summed E-state index contributed by atoms with van der Waals surface area (Å²) in [5.74, 6) is 1.11. The lowest BCUT2D eigenvalue weighted by atomic mass is 10.1. The molecule has 2 N–H and O–H groups in total. The van der Waals surface area contributed by atoms with Gasteiger partial charge in [-0.2, -0.15) is 10.1 Å². The number of aliphatic hydroxyl groups is 1. The SMILES string of the molecule is CCN1c2cnc(NCc3cnn(Cc4ccc(F)cc4)c3)nc2N(C(C)C)[C@H](C)C1O. The van der Waals surface area contributed by atoms with Gasteiger partial charge < -0.3 is 20.2 Å². The maximum absolute atomic E-state index is 13.1. The van der Waals surface area contributed by atoms with Crippen LogP contribution < -0.4 is 15.1 Å². The van der Waals surface area contributed by atoms with Crippen molar-refractivity contribution in [1.29, 1.82) is 0 Å². The predicted molar refractivity (Wildman–Crippen MR) is 123 cm³/mol. The van der Waals surface area contributed by atoms with E-state index in [1.807, 2.05) is 29.6 Å². The minimum atomic E-state index is -0.607. The molecule has 1 aliphatic heterocycles. The minimum Gasteiger partial charge on any atom is -0.371 e. The van der Waals surface area contributed by atoms with Gasteiger partial charge in [-0.05, 0) is 45.4 Å². The van der Waals surface area contributed by atoms with E-state index < -0.39 is 6.23 Å². The van der Waals surface area contributed by atoms with Crippen LogP contribution in [0.15, 0.2) is 42.9 Å². The van der Waals surface area contributed by atoms with E-state index in [1.165, 1.54) is 12.1 Å². The van der Waals surface area contributed by atoms with E-state index in [2.05, 4.69) is 34.1 Å². The number of hydrogen-bond donors (Lipinski definition) is 2. The van der Waals surface area contributed by atoms with E-state index in [0.717, 1.165) is 22.6 Å². The number of fused-ring (bicyclic) bond motifs is 1. The largest absolute Gasteiger partial charge is 0.371 e. The van der Waals surface area contributed by atoms with E-state index in [-0.39, 0.29) is 17.9 Å². The summed E-state index contributed by atoms with van der Waals surface area (Å²) >= 11 is 0. The number of aliphatic hydroxyl groups excluding tert-OH is 1. The first kappa shape index (κ1) is 22.0. The van der Waals surface area contributed by atoms with Gasteiger partial charge in [0.05, 0.1) is 25.0 Å². The van der Waals surface area contributed by atoms with E-state index >= 15 is 0 Å². The van der Waals surface area contributed by atoms with Crippen molar-refractivity contribution in [2.24, 2.45) is 0 Å². The molecule has 3 heterocycles. The molecule has 0 saturated carbocycles. The predicted octanol–water partition coefficient (Wildman–Crippen LogP) is 3.23. The normalized spacial score (nSPS) is 18.2. The number of hydrogen-bond acceptors (Lipinski definition) is 7. The summed E-state index contributed by atoms with van der Waals surface area (Å²) in [5, 5.41) is 18.4. The highest BCUT2D eigenvalue weighted by Gasteiger charge is 2.37. The first-order chi connectivity index (χ1) is 15.4. The molecule has 1 aliphatic rings. The Hall–Kier alpha value is -3.20. The van der Waals surface area contributed by atoms with Crippen molar-refractivity contribution in [2.75, 3.05) is 21.7 Å². The summed E-state index contributed by atoms with van der Waals surface area (Å²) in [6.45, 7) is 10.00. The molecule has 8 nitrogen and oxygen atoms in total. The zero-order valence-electron chi connectivity index (χ0n) is 18.9. The fourth-order valence-corrected chi connectivity index (χ4v) is 4.20. The molecule has 0 aliphatic carbocycles. The summed E-state index contributed by atoms with van der Waals surface area (Å²) in [6, 6.07) is 6.52. The Morgan fingerprint density at radius 2 is 1.91 bits per heavy atom. The number of aromatic nitrogens is 4. The van der Waals surface area contributed by atoms with Crippen molar-refractivity contribution >= 4 is 17.5 Å².